The molecule has 82 valence electrons. The molecule has 1 unspecified atom stereocenters. The number of ether oxygens (including phenoxy) is 1. The van der Waals surface area contributed by atoms with Crippen LogP contribution in [0.2, 0.25) is 5.02 Å². The lowest BCUT2D eigenvalue weighted by Crippen LogP contribution is -2.19. The van der Waals surface area contributed by atoms with Gasteiger partial charge in [-0.1, -0.05) is 17.7 Å². The molecule has 1 heterocycles. The van der Waals surface area contributed by atoms with Crippen LogP contribution >= 0.6 is 11.6 Å². The van der Waals surface area contributed by atoms with E-state index in [0.717, 1.165) is 31.7 Å². The molecule has 1 atom stereocenters. The molecule has 1 aromatic rings. The van der Waals surface area contributed by atoms with E-state index in [1.807, 2.05) is 18.2 Å². The maximum Gasteiger partial charge on any atom is 0.0764 e. The van der Waals surface area contributed by atoms with Crippen LogP contribution in [0.5, 0.6) is 0 Å². The Bertz CT molecular complexity index is 317. The van der Waals surface area contributed by atoms with Crippen LogP contribution < -0.4 is 11.1 Å². The Morgan fingerprint density at radius 1 is 1.53 bits per heavy atom. The third kappa shape index (κ3) is 2.55. The predicted octanol–water partition coefficient (Wildman–Crippen LogP) is 2.51. The molecule has 1 aliphatic rings. The molecule has 0 spiro atoms. The van der Waals surface area contributed by atoms with Gasteiger partial charge in [0.1, 0.15) is 0 Å². The predicted molar refractivity (Wildman–Crippen MR) is 63.3 cm³/mol. The van der Waals surface area contributed by atoms with Crippen molar-refractivity contribution in [3.05, 3.63) is 23.2 Å². The van der Waals surface area contributed by atoms with Gasteiger partial charge in [-0.15, -0.1) is 0 Å². The Hall–Kier alpha value is -0.930. The summed E-state index contributed by atoms with van der Waals surface area (Å²) in [5, 5.41) is 3.90. The molecule has 15 heavy (non-hydrogen) atoms. The van der Waals surface area contributed by atoms with Gasteiger partial charge in [0.15, 0.2) is 0 Å². The van der Waals surface area contributed by atoms with Gasteiger partial charge in [-0.2, -0.15) is 0 Å². The molecule has 0 aromatic heterocycles. The summed E-state index contributed by atoms with van der Waals surface area (Å²) in [4.78, 5) is 0. The summed E-state index contributed by atoms with van der Waals surface area (Å²) >= 11 is 6.03. The molecule has 4 heteroatoms. The van der Waals surface area contributed by atoms with Crippen molar-refractivity contribution in [3.63, 3.8) is 0 Å². The Kier molecular flexibility index (Phi) is 3.34. The number of nitrogens with two attached hydrogens (primary N) is 1. The highest BCUT2D eigenvalue weighted by molar-refractivity contribution is 6.33. The average molecular weight is 227 g/mol. The van der Waals surface area contributed by atoms with Crippen molar-refractivity contribution in [2.45, 2.75) is 18.9 Å². The smallest absolute Gasteiger partial charge is 0.0764 e. The number of benzene rings is 1. The summed E-state index contributed by atoms with van der Waals surface area (Å²) in [7, 11) is 0. The summed E-state index contributed by atoms with van der Waals surface area (Å²) in [6, 6.07) is 5.51. The second-order valence-corrected chi connectivity index (χ2v) is 4.13. The van der Waals surface area contributed by atoms with Crippen LogP contribution in [-0.4, -0.2) is 19.3 Å². The molecule has 3 N–H and O–H groups in total. The van der Waals surface area contributed by atoms with Crippen molar-refractivity contribution in [2.75, 3.05) is 24.2 Å². The average Bonchev–Trinajstić information content (AvgIpc) is 2.70. The zero-order valence-electron chi connectivity index (χ0n) is 8.50. The van der Waals surface area contributed by atoms with Crippen LogP contribution in [0.15, 0.2) is 18.2 Å². The number of rotatable bonds is 3. The van der Waals surface area contributed by atoms with Crippen LogP contribution in [0.1, 0.15) is 12.8 Å². The van der Waals surface area contributed by atoms with Gasteiger partial charge < -0.3 is 15.8 Å². The maximum absolute atomic E-state index is 6.03. The van der Waals surface area contributed by atoms with E-state index in [4.69, 9.17) is 22.1 Å². The van der Waals surface area contributed by atoms with E-state index in [1.54, 1.807) is 0 Å². The molecular weight excluding hydrogens is 212 g/mol. The minimum Gasteiger partial charge on any atom is -0.397 e. The Labute approximate surface area is 94.6 Å². The molecule has 2 rings (SSSR count). The SMILES string of the molecule is Nc1cccc(Cl)c1NCC1CCCO1. The van der Waals surface area contributed by atoms with Crippen LogP contribution in [-0.2, 0) is 4.74 Å². The van der Waals surface area contributed by atoms with Gasteiger partial charge in [-0.3, -0.25) is 0 Å². The fraction of sp³-hybridized carbons (Fsp3) is 0.455. The third-order valence-electron chi connectivity index (χ3n) is 2.58. The monoisotopic (exact) mass is 226 g/mol. The molecule has 1 aromatic carbocycles. The molecule has 0 amide bonds. The molecule has 1 aliphatic heterocycles. The van der Waals surface area contributed by atoms with Crippen LogP contribution in [0.25, 0.3) is 0 Å². The first-order valence-electron chi connectivity index (χ1n) is 5.17. The lowest BCUT2D eigenvalue weighted by Gasteiger charge is -2.14. The zero-order chi connectivity index (χ0) is 10.7. The van der Waals surface area contributed by atoms with Gasteiger partial charge in [-0.05, 0) is 25.0 Å². The first kappa shape index (κ1) is 10.6. The van der Waals surface area contributed by atoms with Gasteiger partial charge in [0.25, 0.3) is 0 Å². The minimum atomic E-state index is 0.292. The number of anilines is 2. The first-order valence-corrected chi connectivity index (χ1v) is 5.54. The molecule has 0 radical (unpaired) electrons. The van der Waals surface area contributed by atoms with E-state index in [-0.39, 0.29) is 0 Å². The van der Waals surface area contributed by atoms with E-state index in [1.165, 1.54) is 0 Å². The largest absolute Gasteiger partial charge is 0.397 e. The maximum atomic E-state index is 6.03. The Morgan fingerprint density at radius 2 is 2.40 bits per heavy atom. The highest BCUT2D eigenvalue weighted by atomic mass is 35.5. The van der Waals surface area contributed by atoms with E-state index in [0.29, 0.717) is 16.8 Å². The molecule has 1 saturated heterocycles. The highest BCUT2D eigenvalue weighted by Gasteiger charge is 2.15. The summed E-state index contributed by atoms with van der Waals surface area (Å²) in [5.41, 5.74) is 7.31. The lowest BCUT2D eigenvalue weighted by atomic mass is 10.2. The molecular formula is C11H15ClN2O. The number of hydrogen-bond acceptors (Lipinski definition) is 3. The van der Waals surface area contributed by atoms with E-state index >= 15 is 0 Å². The first-order chi connectivity index (χ1) is 7.27. The second kappa shape index (κ2) is 4.73. The number of halogens is 1. The Balaban J connectivity index is 1.97. The summed E-state index contributed by atoms with van der Waals surface area (Å²) in [5.74, 6) is 0. The zero-order valence-corrected chi connectivity index (χ0v) is 9.26. The third-order valence-corrected chi connectivity index (χ3v) is 2.89. The molecule has 3 nitrogen and oxygen atoms in total. The van der Waals surface area contributed by atoms with E-state index in [2.05, 4.69) is 5.32 Å². The summed E-state index contributed by atoms with van der Waals surface area (Å²) < 4.78 is 5.51. The van der Waals surface area contributed by atoms with Crippen molar-refractivity contribution in [2.24, 2.45) is 0 Å². The van der Waals surface area contributed by atoms with Gasteiger partial charge in [-0.25, -0.2) is 0 Å². The fourth-order valence-corrected chi connectivity index (χ4v) is 2.00. The number of nitrogens with one attached hydrogen (secondary N) is 1. The lowest BCUT2D eigenvalue weighted by molar-refractivity contribution is 0.120. The molecule has 0 aliphatic carbocycles. The standard InChI is InChI=1S/C11H15ClN2O/c12-9-4-1-5-10(13)11(9)14-7-8-3-2-6-15-8/h1,4-5,8,14H,2-3,6-7,13H2. The van der Waals surface area contributed by atoms with Gasteiger partial charge in [0, 0.05) is 13.2 Å². The van der Waals surface area contributed by atoms with Crippen molar-refractivity contribution in [1.82, 2.24) is 0 Å². The Morgan fingerprint density at radius 3 is 3.07 bits per heavy atom. The van der Waals surface area contributed by atoms with Crippen molar-refractivity contribution in [1.29, 1.82) is 0 Å². The van der Waals surface area contributed by atoms with Gasteiger partial charge in [0.05, 0.1) is 22.5 Å². The van der Waals surface area contributed by atoms with E-state index < -0.39 is 0 Å². The van der Waals surface area contributed by atoms with Gasteiger partial charge >= 0.3 is 0 Å². The van der Waals surface area contributed by atoms with Crippen molar-refractivity contribution < 1.29 is 4.74 Å². The summed E-state index contributed by atoms with van der Waals surface area (Å²) in [6.07, 6.45) is 2.54. The fourth-order valence-electron chi connectivity index (χ4n) is 1.75. The van der Waals surface area contributed by atoms with Crippen LogP contribution in [0, 0.1) is 0 Å². The number of hydrogen-bond donors (Lipinski definition) is 2. The topological polar surface area (TPSA) is 47.3 Å². The molecule has 0 bridgehead atoms. The van der Waals surface area contributed by atoms with Crippen LogP contribution in [0.3, 0.4) is 0 Å². The number of para-hydroxylation sites is 1. The highest BCUT2D eigenvalue weighted by Crippen LogP contribution is 2.28. The van der Waals surface area contributed by atoms with Crippen molar-refractivity contribution in [3.8, 4) is 0 Å². The summed E-state index contributed by atoms with van der Waals surface area (Å²) in [6.45, 7) is 1.64. The minimum absolute atomic E-state index is 0.292. The molecule has 1 fully saturated rings. The van der Waals surface area contributed by atoms with Crippen LogP contribution in [0.4, 0.5) is 11.4 Å². The van der Waals surface area contributed by atoms with Crippen molar-refractivity contribution >= 4 is 23.0 Å². The van der Waals surface area contributed by atoms with Gasteiger partial charge in [0.2, 0.25) is 0 Å². The normalized spacial score (nSPS) is 20.5. The second-order valence-electron chi connectivity index (χ2n) is 3.72. The number of nitrogen functional groups attached to an aromatic ring is 1. The quantitative estimate of drug-likeness (QED) is 0.779. The molecule has 0 saturated carbocycles. The van der Waals surface area contributed by atoms with E-state index in [9.17, 15) is 0 Å².